The summed E-state index contributed by atoms with van der Waals surface area (Å²) >= 11 is 5.89. The highest BCUT2D eigenvalue weighted by Gasteiger charge is 2.34. The number of hydrogen-bond acceptors (Lipinski definition) is 3. The van der Waals surface area contributed by atoms with Crippen molar-refractivity contribution in [2.75, 3.05) is 11.4 Å². The molecule has 0 aliphatic carbocycles. The molecular formula is C21H20ClFN4O. The van der Waals surface area contributed by atoms with Crippen LogP contribution in [-0.2, 0) is 11.3 Å². The maximum atomic E-state index is 13.5. The molecular weight excluding hydrogens is 379 g/mol. The molecule has 1 aliphatic rings. The van der Waals surface area contributed by atoms with Gasteiger partial charge in [-0.1, -0.05) is 18.2 Å². The first-order valence-corrected chi connectivity index (χ1v) is 9.43. The summed E-state index contributed by atoms with van der Waals surface area (Å²) in [6.07, 6.45) is 4.28. The van der Waals surface area contributed by atoms with Gasteiger partial charge in [-0.05, 0) is 48.7 Å². The van der Waals surface area contributed by atoms with Gasteiger partial charge in [0.1, 0.15) is 11.5 Å². The SMILES string of the molecule is C=C(NCc1cc(F)cc(Cl)c1)C1CCN(c2cnc3[nH]cc(C)c3c2)C1=O. The number of fused-ring (bicyclic) bond motifs is 1. The Morgan fingerprint density at radius 1 is 1.43 bits per heavy atom. The first kappa shape index (κ1) is 18.5. The highest BCUT2D eigenvalue weighted by molar-refractivity contribution is 6.30. The van der Waals surface area contributed by atoms with Crippen molar-refractivity contribution in [1.82, 2.24) is 15.3 Å². The minimum absolute atomic E-state index is 0.0101. The number of hydrogen-bond donors (Lipinski definition) is 2. The van der Waals surface area contributed by atoms with E-state index in [0.717, 1.165) is 22.3 Å². The fourth-order valence-corrected chi connectivity index (χ4v) is 3.83. The molecule has 7 heteroatoms. The van der Waals surface area contributed by atoms with E-state index in [1.807, 2.05) is 19.2 Å². The highest BCUT2D eigenvalue weighted by atomic mass is 35.5. The average Bonchev–Trinajstić information content (AvgIpc) is 3.22. The van der Waals surface area contributed by atoms with Crippen LogP contribution >= 0.6 is 11.6 Å². The molecule has 1 aliphatic heterocycles. The van der Waals surface area contributed by atoms with E-state index in [-0.39, 0.29) is 17.6 Å². The summed E-state index contributed by atoms with van der Waals surface area (Å²) in [7, 11) is 0. The zero-order chi connectivity index (χ0) is 19.8. The highest BCUT2D eigenvalue weighted by Crippen LogP contribution is 2.30. The van der Waals surface area contributed by atoms with Crippen molar-refractivity contribution >= 4 is 34.2 Å². The molecule has 0 bridgehead atoms. The molecule has 28 heavy (non-hydrogen) atoms. The second-order valence-corrected chi connectivity index (χ2v) is 7.49. The van der Waals surface area contributed by atoms with Crippen molar-refractivity contribution in [3.05, 3.63) is 70.9 Å². The van der Waals surface area contributed by atoms with Gasteiger partial charge in [0.2, 0.25) is 5.91 Å². The second kappa shape index (κ2) is 7.28. The van der Waals surface area contributed by atoms with Crippen LogP contribution in [0.3, 0.4) is 0 Å². The number of anilines is 1. The Balaban J connectivity index is 1.45. The Morgan fingerprint density at radius 3 is 3.04 bits per heavy atom. The summed E-state index contributed by atoms with van der Waals surface area (Å²) in [5, 5.41) is 4.49. The summed E-state index contributed by atoms with van der Waals surface area (Å²) in [5.74, 6) is -0.725. The smallest absolute Gasteiger partial charge is 0.236 e. The Kier molecular flexibility index (Phi) is 4.81. The largest absolute Gasteiger partial charge is 0.384 e. The number of halogens is 2. The summed E-state index contributed by atoms with van der Waals surface area (Å²) in [6, 6.07) is 6.34. The minimum Gasteiger partial charge on any atom is -0.384 e. The molecule has 1 unspecified atom stereocenters. The number of carbonyl (C=O) groups excluding carboxylic acids is 1. The molecule has 1 atom stereocenters. The molecule has 3 heterocycles. The first-order chi connectivity index (χ1) is 13.4. The van der Waals surface area contributed by atoms with Gasteiger partial charge in [-0.2, -0.15) is 0 Å². The zero-order valence-corrected chi connectivity index (χ0v) is 16.2. The Bertz CT molecular complexity index is 1060. The van der Waals surface area contributed by atoms with Crippen LogP contribution in [0.1, 0.15) is 17.5 Å². The molecule has 0 saturated carbocycles. The summed E-state index contributed by atoms with van der Waals surface area (Å²) < 4.78 is 13.5. The third-order valence-electron chi connectivity index (χ3n) is 5.10. The van der Waals surface area contributed by atoms with E-state index >= 15 is 0 Å². The van der Waals surface area contributed by atoms with Crippen LogP contribution in [0, 0.1) is 18.7 Å². The third kappa shape index (κ3) is 3.47. The standard InChI is InChI=1S/C21H20ClFN4O/c1-12-9-25-20-19(12)8-17(11-26-20)27-4-3-18(21(27)28)13(2)24-10-14-5-15(22)7-16(23)6-14/h5-9,11,18,24H,2-4,10H2,1H3,(H,25,26). The lowest BCUT2D eigenvalue weighted by molar-refractivity contribution is -0.119. The molecule has 0 radical (unpaired) electrons. The minimum atomic E-state index is -0.388. The number of aromatic amines is 1. The van der Waals surface area contributed by atoms with Gasteiger partial charge in [0.05, 0.1) is 17.8 Å². The second-order valence-electron chi connectivity index (χ2n) is 7.05. The maximum Gasteiger partial charge on any atom is 0.236 e. The van der Waals surface area contributed by atoms with E-state index in [9.17, 15) is 9.18 Å². The van der Waals surface area contributed by atoms with E-state index in [1.54, 1.807) is 17.2 Å². The third-order valence-corrected chi connectivity index (χ3v) is 5.32. The fraction of sp³-hybridized carbons (Fsp3) is 0.238. The van der Waals surface area contributed by atoms with E-state index < -0.39 is 0 Å². The van der Waals surface area contributed by atoms with E-state index in [2.05, 4.69) is 21.9 Å². The van der Waals surface area contributed by atoms with Gasteiger partial charge in [0.25, 0.3) is 0 Å². The molecule has 2 aromatic heterocycles. The number of H-pyrrole nitrogens is 1. The van der Waals surface area contributed by atoms with Gasteiger partial charge in [0, 0.05) is 35.4 Å². The first-order valence-electron chi connectivity index (χ1n) is 9.05. The number of aryl methyl sites for hydroxylation is 1. The van der Waals surface area contributed by atoms with Crippen LogP contribution in [0.15, 0.2) is 48.9 Å². The summed E-state index contributed by atoms with van der Waals surface area (Å²) in [4.78, 5) is 22.2. The zero-order valence-electron chi connectivity index (χ0n) is 15.4. The predicted octanol–water partition coefficient (Wildman–Crippen LogP) is 4.32. The molecule has 144 valence electrons. The van der Waals surface area contributed by atoms with Crippen LogP contribution in [0.2, 0.25) is 5.02 Å². The lowest BCUT2D eigenvalue weighted by atomic mass is 10.0. The monoisotopic (exact) mass is 398 g/mol. The molecule has 1 fully saturated rings. The van der Waals surface area contributed by atoms with Crippen LogP contribution in [0.5, 0.6) is 0 Å². The predicted molar refractivity (Wildman–Crippen MR) is 109 cm³/mol. The van der Waals surface area contributed by atoms with E-state index in [1.165, 1.54) is 12.1 Å². The van der Waals surface area contributed by atoms with E-state index in [4.69, 9.17) is 11.6 Å². The van der Waals surface area contributed by atoms with Crippen LogP contribution in [0.25, 0.3) is 11.0 Å². The molecule has 4 rings (SSSR count). The van der Waals surface area contributed by atoms with Gasteiger partial charge >= 0.3 is 0 Å². The Labute approximate surface area is 167 Å². The number of amides is 1. The van der Waals surface area contributed by atoms with E-state index in [0.29, 0.717) is 35.8 Å². The molecule has 5 nitrogen and oxygen atoms in total. The van der Waals surface area contributed by atoms with Gasteiger partial charge in [-0.25, -0.2) is 9.37 Å². The van der Waals surface area contributed by atoms with Gasteiger partial charge in [-0.15, -0.1) is 0 Å². The number of carbonyl (C=O) groups is 1. The number of aromatic nitrogens is 2. The van der Waals surface area contributed by atoms with Gasteiger partial charge in [-0.3, -0.25) is 4.79 Å². The molecule has 3 aromatic rings. The number of benzene rings is 1. The lowest BCUT2D eigenvalue weighted by Crippen LogP contribution is -2.30. The lowest BCUT2D eigenvalue weighted by Gasteiger charge is -2.18. The number of nitrogens with zero attached hydrogens (tertiary/aromatic N) is 2. The molecule has 1 saturated heterocycles. The topological polar surface area (TPSA) is 61.0 Å². The molecule has 1 aromatic carbocycles. The van der Waals surface area contributed by atoms with Crippen molar-refractivity contribution in [3.63, 3.8) is 0 Å². The molecule has 1 amide bonds. The van der Waals surface area contributed by atoms with Crippen molar-refractivity contribution in [1.29, 1.82) is 0 Å². The normalized spacial score (nSPS) is 16.8. The van der Waals surface area contributed by atoms with Crippen molar-refractivity contribution in [2.24, 2.45) is 5.92 Å². The molecule has 0 spiro atoms. The van der Waals surface area contributed by atoms with Gasteiger partial charge < -0.3 is 15.2 Å². The van der Waals surface area contributed by atoms with Crippen LogP contribution < -0.4 is 10.2 Å². The number of nitrogens with one attached hydrogen (secondary N) is 2. The van der Waals surface area contributed by atoms with Crippen molar-refractivity contribution in [3.8, 4) is 0 Å². The quantitative estimate of drug-likeness (QED) is 0.672. The summed E-state index contributed by atoms with van der Waals surface area (Å²) in [6.45, 7) is 6.99. The Hall–Kier alpha value is -2.86. The number of rotatable bonds is 5. The van der Waals surface area contributed by atoms with Crippen molar-refractivity contribution in [2.45, 2.75) is 19.9 Å². The van der Waals surface area contributed by atoms with Crippen molar-refractivity contribution < 1.29 is 9.18 Å². The fourth-order valence-electron chi connectivity index (χ4n) is 3.58. The average molecular weight is 399 g/mol. The molecule has 2 N–H and O–H groups in total. The Morgan fingerprint density at radius 2 is 2.25 bits per heavy atom. The van der Waals surface area contributed by atoms with Crippen LogP contribution in [-0.4, -0.2) is 22.4 Å². The number of pyridine rings is 1. The van der Waals surface area contributed by atoms with Gasteiger partial charge in [0.15, 0.2) is 0 Å². The van der Waals surface area contributed by atoms with Crippen LogP contribution in [0.4, 0.5) is 10.1 Å². The summed E-state index contributed by atoms with van der Waals surface area (Å²) in [5.41, 5.74) is 4.01. The maximum absolute atomic E-state index is 13.5.